The van der Waals surface area contributed by atoms with Gasteiger partial charge in [0.15, 0.2) is 5.78 Å². The average Bonchev–Trinajstić information content (AvgIpc) is 3.38. The summed E-state index contributed by atoms with van der Waals surface area (Å²) < 4.78 is 1.90. The van der Waals surface area contributed by atoms with E-state index in [1.807, 2.05) is 54.0 Å². The molecule has 4 rings (SSSR count). The van der Waals surface area contributed by atoms with Crippen LogP contribution in [0, 0.1) is 11.8 Å². The largest absolute Gasteiger partial charge is 0.356 e. The summed E-state index contributed by atoms with van der Waals surface area (Å²) in [5.41, 5.74) is 9.11. The zero-order valence-corrected chi connectivity index (χ0v) is 25.4. The molecule has 1 saturated carbocycles. The molecule has 42 heavy (non-hydrogen) atoms. The summed E-state index contributed by atoms with van der Waals surface area (Å²) >= 11 is 0. The van der Waals surface area contributed by atoms with Crippen LogP contribution in [0.5, 0.6) is 0 Å². The minimum absolute atomic E-state index is 0.0351. The van der Waals surface area contributed by atoms with Crippen molar-refractivity contribution in [2.75, 3.05) is 24.5 Å². The molecule has 0 aliphatic heterocycles. The topological polar surface area (TPSA) is 97.4 Å². The highest BCUT2D eigenvalue weighted by molar-refractivity contribution is 6.02. The Labute approximate surface area is 250 Å². The Balaban J connectivity index is 1.38. The second-order valence-electron chi connectivity index (χ2n) is 11.7. The number of amides is 2. The maximum absolute atomic E-state index is 13.7. The Morgan fingerprint density at radius 2 is 1.69 bits per heavy atom. The van der Waals surface area contributed by atoms with Crippen LogP contribution in [-0.4, -0.2) is 41.8 Å². The van der Waals surface area contributed by atoms with Gasteiger partial charge in [-0.1, -0.05) is 50.1 Å². The number of carbonyl (C=O) groups excluding carboxylic acids is 3. The van der Waals surface area contributed by atoms with Crippen molar-refractivity contribution >= 4 is 34.2 Å². The van der Waals surface area contributed by atoms with E-state index in [1.165, 1.54) is 5.56 Å². The number of rotatable bonds is 15. The van der Waals surface area contributed by atoms with Gasteiger partial charge < -0.3 is 20.5 Å². The second kappa shape index (κ2) is 15.7. The van der Waals surface area contributed by atoms with E-state index in [2.05, 4.69) is 24.4 Å². The second-order valence-corrected chi connectivity index (χ2v) is 11.7. The highest BCUT2D eigenvalue weighted by atomic mass is 16.2. The maximum Gasteiger partial charge on any atom is 0.246 e. The maximum atomic E-state index is 13.7. The summed E-state index contributed by atoms with van der Waals surface area (Å²) in [5, 5.41) is 4.07. The van der Waals surface area contributed by atoms with Crippen molar-refractivity contribution in [1.82, 2.24) is 9.88 Å². The third-order valence-corrected chi connectivity index (χ3v) is 8.76. The van der Waals surface area contributed by atoms with E-state index in [0.717, 1.165) is 87.5 Å². The fraction of sp³-hybridized carbons (Fsp3) is 0.514. The number of nitrogens with one attached hydrogen (secondary N) is 1. The first-order valence-corrected chi connectivity index (χ1v) is 15.9. The van der Waals surface area contributed by atoms with Gasteiger partial charge in [-0.05, 0) is 94.2 Å². The quantitative estimate of drug-likeness (QED) is 0.166. The summed E-state index contributed by atoms with van der Waals surface area (Å²) in [6.07, 6.45) is 8.97. The lowest BCUT2D eigenvalue weighted by Crippen LogP contribution is -2.35. The van der Waals surface area contributed by atoms with Crippen molar-refractivity contribution in [1.29, 1.82) is 0 Å². The highest BCUT2D eigenvalue weighted by Crippen LogP contribution is 2.33. The highest BCUT2D eigenvalue weighted by Gasteiger charge is 2.29. The number of anilines is 1. The Morgan fingerprint density at radius 3 is 2.43 bits per heavy atom. The van der Waals surface area contributed by atoms with E-state index < -0.39 is 0 Å². The minimum atomic E-state index is -0.0351. The fourth-order valence-corrected chi connectivity index (χ4v) is 6.25. The molecule has 1 aliphatic rings. The van der Waals surface area contributed by atoms with Gasteiger partial charge >= 0.3 is 0 Å². The molecule has 0 radical (unpaired) electrons. The fourth-order valence-electron chi connectivity index (χ4n) is 6.25. The van der Waals surface area contributed by atoms with E-state index in [4.69, 9.17) is 5.73 Å². The van der Waals surface area contributed by atoms with Gasteiger partial charge in [0.1, 0.15) is 6.54 Å². The number of hydrogen-bond donors (Lipinski definition) is 2. The lowest BCUT2D eigenvalue weighted by atomic mass is 9.79. The molecule has 226 valence electrons. The van der Waals surface area contributed by atoms with Crippen molar-refractivity contribution in [2.24, 2.45) is 17.6 Å². The van der Waals surface area contributed by atoms with Crippen molar-refractivity contribution < 1.29 is 14.4 Å². The van der Waals surface area contributed by atoms with Crippen molar-refractivity contribution in [2.45, 2.75) is 84.6 Å². The number of ketones is 1. The number of nitrogens with zero attached hydrogens (tertiary/aromatic N) is 2. The van der Waals surface area contributed by atoms with Crippen molar-refractivity contribution in [3.63, 3.8) is 0 Å². The molecule has 2 aromatic carbocycles. The number of unbranched alkanes of at least 4 members (excludes halogenated alkanes) is 3. The molecule has 1 fully saturated rings. The standard InChI is InChI=1S/C35H48N4O3/c1-3-26-12-11-14-30(22-26)38(4-2)34(41)25-39-31-15-8-7-13-29(31)24-32(39)33(40)23-27-16-18-28(19-17-27)35(42)37-21-10-6-5-9-20-36/h7-8,11-15,22,24,27-28H,3-6,9-10,16-21,23,25,36H2,1-2H3,(H,37,42). The minimum Gasteiger partial charge on any atom is -0.356 e. The van der Waals surface area contributed by atoms with Crippen LogP contribution < -0.4 is 16.0 Å². The third kappa shape index (κ3) is 8.09. The van der Waals surface area contributed by atoms with Gasteiger partial charge in [0.25, 0.3) is 0 Å². The van der Waals surface area contributed by atoms with Crippen LogP contribution in [0.3, 0.4) is 0 Å². The SMILES string of the molecule is CCc1cccc(N(CC)C(=O)Cn2c(C(=O)CC3CCC(C(=O)NCCCCCCN)CC3)cc3ccccc32)c1. The number of para-hydroxylation sites is 1. The lowest BCUT2D eigenvalue weighted by molar-refractivity contribution is -0.126. The molecule has 1 heterocycles. The van der Waals surface area contributed by atoms with Crippen LogP contribution in [0.4, 0.5) is 5.69 Å². The number of nitrogens with two attached hydrogens (primary N) is 1. The van der Waals surface area contributed by atoms with E-state index >= 15 is 0 Å². The molecule has 3 aromatic rings. The van der Waals surface area contributed by atoms with Gasteiger partial charge in [-0.25, -0.2) is 0 Å². The summed E-state index contributed by atoms with van der Waals surface area (Å²) in [6.45, 7) is 6.21. The predicted molar refractivity (Wildman–Crippen MR) is 171 cm³/mol. The van der Waals surface area contributed by atoms with Crippen LogP contribution in [0.15, 0.2) is 54.6 Å². The number of fused-ring (bicyclic) bond motifs is 1. The average molecular weight is 573 g/mol. The number of aromatic nitrogens is 1. The van der Waals surface area contributed by atoms with Crippen molar-refractivity contribution in [3.05, 3.63) is 65.9 Å². The number of likely N-dealkylation sites (N-methyl/N-ethyl adjacent to an activating group) is 1. The summed E-state index contributed by atoms with van der Waals surface area (Å²) in [4.78, 5) is 41.8. The summed E-state index contributed by atoms with van der Waals surface area (Å²) in [5.74, 6) is 0.481. The van der Waals surface area contributed by atoms with Gasteiger partial charge in [0.2, 0.25) is 11.8 Å². The molecule has 0 bridgehead atoms. The van der Waals surface area contributed by atoms with E-state index in [-0.39, 0.29) is 36.0 Å². The number of Topliss-reactive ketones (excluding diaryl/α,β-unsaturated/α-hetero) is 1. The number of aryl methyl sites for hydroxylation is 1. The van der Waals surface area contributed by atoms with Crippen LogP contribution >= 0.6 is 0 Å². The van der Waals surface area contributed by atoms with E-state index in [0.29, 0.717) is 18.7 Å². The van der Waals surface area contributed by atoms with Gasteiger partial charge in [-0.15, -0.1) is 0 Å². The number of carbonyl (C=O) groups is 3. The molecule has 7 nitrogen and oxygen atoms in total. The molecule has 2 amide bonds. The summed E-state index contributed by atoms with van der Waals surface area (Å²) in [6, 6.07) is 17.9. The first-order valence-electron chi connectivity index (χ1n) is 15.9. The van der Waals surface area contributed by atoms with Crippen LogP contribution in [0.25, 0.3) is 10.9 Å². The lowest BCUT2D eigenvalue weighted by Gasteiger charge is -2.27. The molecule has 0 atom stereocenters. The van der Waals surface area contributed by atoms with Crippen LogP contribution in [0.1, 0.15) is 87.7 Å². The van der Waals surface area contributed by atoms with E-state index in [9.17, 15) is 14.4 Å². The van der Waals surface area contributed by atoms with Crippen LogP contribution in [-0.2, 0) is 22.6 Å². The van der Waals surface area contributed by atoms with Crippen molar-refractivity contribution in [3.8, 4) is 0 Å². The Hall–Kier alpha value is -3.45. The number of hydrogen-bond acceptors (Lipinski definition) is 4. The molecule has 3 N–H and O–H groups in total. The monoisotopic (exact) mass is 572 g/mol. The zero-order valence-electron chi connectivity index (χ0n) is 25.4. The summed E-state index contributed by atoms with van der Waals surface area (Å²) in [7, 11) is 0. The normalized spacial score (nSPS) is 16.8. The first kappa shape index (κ1) is 31.5. The molecular formula is C35H48N4O3. The van der Waals surface area contributed by atoms with Gasteiger partial charge in [0, 0.05) is 42.0 Å². The Bertz CT molecular complexity index is 1340. The Morgan fingerprint density at radius 1 is 0.929 bits per heavy atom. The number of benzene rings is 2. The molecule has 1 aliphatic carbocycles. The predicted octanol–water partition coefficient (Wildman–Crippen LogP) is 6.27. The molecular weight excluding hydrogens is 524 g/mol. The van der Waals surface area contributed by atoms with Crippen LogP contribution in [0.2, 0.25) is 0 Å². The molecule has 0 spiro atoms. The smallest absolute Gasteiger partial charge is 0.246 e. The molecule has 0 saturated heterocycles. The Kier molecular flexibility index (Phi) is 11.8. The third-order valence-electron chi connectivity index (χ3n) is 8.76. The van der Waals surface area contributed by atoms with Gasteiger partial charge in [-0.2, -0.15) is 0 Å². The zero-order chi connectivity index (χ0) is 29.9. The van der Waals surface area contributed by atoms with Gasteiger partial charge in [0.05, 0.1) is 5.69 Å². The first-order chi connectivity index (χ1) is 20.4. The molecule has 7 heteroatoms. The van der Waals surface area contributed by atoms with Gasteiger partial charge in [-0.3, -0.25) is 14.4 Å². The molecule has 1 aromatic heterocycles. The van der Waals surface area contributed by atoms with E-state index in [1.54, 1.807) is 4.90 Å². The molecule has 0 unspecified atom stereocenters.